The first kappa shape index (κ1) is 29.7. The number of carbonyl (C=O) groups excluding carboxylic acids is 5. The molecule has 0 aromatic carbocycles. The molecule has 14 nitrogen and oxygen atoms in total. The van der Waals surface area contributed by atoms with E-state index in [0.29, 0.717) is 25.8 Å². The third-order valence-corrected chi connectivity index (χ3v) is 4.66. The molecule has 0 spiro atoms. The summed E-state index contributed by atoms with van der Waals surface area (Å²) in [6.07, 6.45) is 0.800. The molecule has 0 radical (unpaired) electrons. The van der Waals surface area contributed by atoms with Crippen LogP contribution in [-0.2, 0) is 28.8 Å². The quantitative estimate of drug-likeness (QED) is 0.0974. The lowest BCUT2D eigenvalue weighted by Gasteiger charge is -2.23. The van der Waals surface area contributed by atoms with Gasteiger partial charge in [-0.15, -0.1) is 0 Å². The highest BCUT2D eigenvalue weighted by atomic mass is 16.4. The minimum absolute atomic E-state index is 0.132. The van der Waals surface area contributed by atoms with Crippen LogP contribution in [0.2, 0.25) is 0 Å². The van der Waals surface area contributed by atoms with Crippen molar-refractivity contribution in [3.05, 3.63) is 0 Å². The van der Waals surface area contributed by atoms with E-state index in [4.69, 9.17) is 22.9 Å². The van der Waals surface area contributed by atoms with Crippen molar-refractivity contribution in [2.75, 3.05) is 6.54 Å². The molecule has 0 aliphatic carbocycles. The number of carboxylic acid groups (broad SMARTS) is 1. The molecule has 0 aromatic heterocycles. The maximum Gasteiger partial charge on any atom is 0.326 e. The van der Waals surface area contributed by atoms with E-state index in [9.17, 15) is 33.9 Å². The summed E-state index contributed by atoms with van der Waals surface area (Å²) in [5, 5.41) is 16.2. The van der Waals surface area contributed by atoms with Gasteiger partial charge < -0.3 is 44.0 Å². The zero-order chi connectivity index (χ0) is 25.6. The highest BCUT2D eigenvalue weighted by Crippen LogP contribution is 2.03. The van der Waals surface area contributed by atoms with Gasteiger partial charge in [-0.25, -0.2) is 4.79 Å². The SMILES string of the molecule is CC(NC(=O)C(CCC(N)=O)NC(=O)C(N)CCCCN)C(=O)NC(CCC(N)=O)C(=O)O. The molecule has 0 fully saturated rings. The normalized spacial score (nSPS) is 14.3. The van der Waals surface area contributed by atoms with Crippen LogP contribution in [0.1, 0.15) is 51.9 Å². The average molecular weight is 474 g/mol. The van der Waals surface area contributed by atoms with Crippen molar-refractivity contribution in [3.8, 4) is 0 Å². The van der Waals surface area contributed by atoms with Gasteiger partial charge in [-0.1, -0.05) is 6.42 Å². The van der Waals surface area contributed by atoms with Crippen LogP contribution in [0.4, 0.5) is 0 Å². The van der Waals surface area contributed by atoms with Gasteiger partial charge in [-0.3, -0.25) is 24.0 Å². The van der Waals surface area contributed by atoms with Gasteiger partial charge in [0, 0.05) is 12.8 Å². The second-order valence-electron chi connectivity index (χ2n) is 7.59. The van der Waals surface area contributed by atoms with E-state index in [2.05, 4.69) is 16.0 Å². The second-order valence-corrected chi connectivity index (χ2v) is 7.59. The number of rotatable bonds is 17. The lowest BCUT2D eigenvalue weighted by atomic mass is 10.1. The van der Waals surface area contributed by atoms with Crippen molar-refractivity contribution in [2.45, 2.75) is 76.0 Å². The Hall–Kier alpha value is -3.26. The van der Waals surface area contributed by atoms with E-state index < -0.39 is 59.7 Å². The van der Waals surface area contributed by atoms with Crippen molar-refractivity contribution in [1.82, 2.24) is 16.0 Å². The lowest BCUT2D eigenvalue weighted by Crippen LogP contribution is -2.56. The van der Waals surface area contributed by atoms with E-state index in [1.165, 1.54) is 6.92 Å². The van der Waals surface area contributed by atoms with Crippen LogP contribution in [-0.4, -0.2) is 71.3 Å². The molecule has 0 bridgehead atoms. The van der Waals surface area contributed by atoms with E-state index in [-0.39, 0.29) is 25.7 Å². The molecule has 0 saturated heterocycles. The number of unbranched alkanes of at least 4 members (excludes halogenated alkanes) is 1. The molecule has 0 aliphatic heterocycles. The zero-order valence-electron chi connectivity index (χ0n) is 18.7. The predicted octanol–water partition coefficient (Wildman–Crippen LogP) is -3.47. The summed E-state index contributed by atoms with van der Waals surface area (Å²) in [5.41, 5.74) is 21.3. The van der Waals surface area contributed by atoms with Crippen LogP contribution in [0.5, 0.6) is 0 Å². The van der Waals surface area contributed by atoms with Gasteiger partial charge in [-0.05, 0) is 39.2 Å². The molecule has 0 heterocycles. The van der Waals surface area contributed by atoms with Crippen molar-refractivity contribution >= 4 is 35.5 Å². The first-order valence-electron chi connectivity index (χ1n) is 10.5. The largest absolute Gasteiger partial charge is 0.480 e. The molecule has 14 heteroatoms. The van der Waals surface area contributed by atoms with Gasteiger partial charge >= 0.3 is 5.97 Å². The Kier molecular flexibility index (Phi) is 14.0. The number of primary amides is 2. The molecule has 188 valence electrons. The summed E-state index contributed by atoms with van der Waals surface area (Å²) in [4.78, 5) is 70.5. The summed E-state index contributed by atoms with van der Waals surface area (Å²) < 4.78 is 0. The Bertz CT molecular complexity index is 717. The van der Waals surface area contributed by atoms with Gasteiger partial charge in [0.1, 0.15) is 18.1 Å². The van der Waals surface area contributed by atoms with Crippen LogP contribution in [0.3, 0.4) is 0 Å². The summed E-state index contributed by atoms with van der Waals surface area (Å²) in [6.45, 7) is 1.74. The number of aliphatic carboxylic acids is 1. The minimum Gasteiger partial charge on any atom is -0.480 e. The minimum atomic E-state index is -1.39. The number of carbonyl (C=O) groups is 6. The molecule has 0 aliphatic rings. The van der Waals surface area contributed by atoms with Crippen molar-refractivity contribution in [1.29, 1.82) is 0 Å². The smallest absolute Gasteiger partial charge is 0.326 e. The summed E-state index contributed by atoms with van der Waals surface area (Å²) in [5.74, 6) is -5.04. The van der Waals surface area contributed by atoms with Crippen LogP contribution in [0.15, 0.2) is 0 Å². The van der Waals surface area contributed by atoms with Crippen LogP contribution < -0.4 is 38.9 Å². The first-order valence-corrected chi connectivity index (χ1v) is 10.5. The number of amides is 5. The lowest BCUT2D eigenvalue weighted by molar-refractivity contribution is -0.142. The number of carboxylic acids is 1. The van der Waals surface area contributed by atoms with Crippen molar-refractivity contribution in [3.63, 3.8) is 0 Å². The molecular formula is C19H35N7O7. The fraction of sp³-hybridized carbons (Fsp3) is 0.684. The van der Waals surface area contributed by atoms with Crippen molar-refractivity contribution < 1.29 is 33.9 Å². The molecule has 5 amide bonds. The number of hydrogen-bond acceptors (Lipinski definition) is 8. The van der Waals surface area contributed by atoms with Crippen LogP contribution >= 0.6 is 0 Å². The molecule has 0 saturated carbocycles. The molecule has 4 unspecified atom stereocenters. The van der Waals surface area contributed by atoms with E-state index in [1.54, 1.807) is 0 Å². The Morgan fingerprint density at radius 3 is 1.76 bits per heavy atom. The molecule has 0 aromatic rings. The van der Waals surface area contributed by atoms with Gasteiger partial charge in [0.2, 0.25) is 29.5 Å². The summed E-state index contributed by atoms with van der Waals surface area (Å²) in [7, 11) is 0. The first-order chi connectivity index (χ1) is 15.4. The van der Waals surface area contributed by atoms with E-state index in [1.807, 2.05) is 0 Å². The molecule has 4 atom stereocenters. The van der Waals surface area contributed by atoms with E-state index >= 15 is 0 Å². The zero-order valence-corrected chi connectivity index (χ0v) is 18.7. The molecule has 12 N–H and O–H groups in total. The highest BCUT2D eigenvalue weighted by Gasteiger charge is 2.28. The Morgan fingerprint density at radius 1 is 0.758 bits per heavy atom. The van der Waals surface area contributed by atoms with Crippen LogP contribution in [0.25, 0.3) is 0 Å². The summed E-state index contributed by atoms with van der Waals surface area (Å²) in [6, 6.07) is -4.69. The molecule has 33 heavy (non-hydrogen) atoms. The van der Waals surface area contributed by atoms with Crippen molar-refractivity contribution in [2.24, 2.45) is 22.9 Å². The average Bonchev–Trinajstić information content (AvgIpc) is 2.72. The monoisotopic (exact) mass is 473 g/mol. The maximum atomic E-state index is 12.6. The van der Waals surface area contributed by atoms with Gasteiger partial charge in [0.15, 0.2) is 0 Å². The van der Waals surface area contributed by atoms with Gasteiger partial charge in [0.25, 0.3) is 0 Å². The predicted molar refractivity (Wildman–Crippen MR) is 117 cm³/mol. The van der Waals surface area contributed by atoms with E-state index in [0.717, 1.165) is 0 Å². The number of nitrogens with one attached hydrogen (secondary N) is 3. The molecule has 0 rings (SSSR count). The Morgan fingerprint density at radius 2 is 1.27 bits per heavy atom. The Balaban J connectivity index is 5.07. The highest BCUT2D eigenvalue weighted by molar-refractivity contribution is 5.94. The second kappa shape index (κ2) is 15.5. The number of hydrogen-bond donors (Lipinski definition) is 8. The van der Waals surface area contributed by atoms with Crippen LogP contribution in [0, 0.1) is 0 Å². The fourth-order valence-electron chi connectivity index (χ4n) is 2.69. The topological polar surface area (TPSA) is 263 Å². The van der Waals surface area contributed by atoms with Gasteiger partial charge in [-0.2, -0.15) is 0 Å². The number of nitrogens with two attached hydrogens (primary N) is 4. The maximum absolute atomic E-state index is 12.6. The standard InChI is InChI=1S/C19H35N7O7/c1-10(16(29)26-13(19(32)33)6-8-15(23)28)24-18(31)12(5-7-14(22)27)25-17(30)11(21)4-2-3-9-20/h10-13H,2-9,20-21H2,1H3,(H2,22,27)(H2,23,28)(H,24,31)(H,25,30)(H,26,29)(H,32,33). The fourth-order valence-corrected chi connectivity index (χ4v) is 2.69. The third-order valence-electron chi connectivity index (χ3n) is 4.66. The third kappa shape index (κ3) is 13.0. The van der Waals surface area contributed by atoms with Gasteiger partial charge in [0.05, 0.1) is 6.04 Å². The Labute approximate surface area is 191 Å². The summed E-state index contributed by atoms with van der Waals surface area (Å²) >= 11 is 0. The molecular weight excluding hydrogens is 438 g/mol.